The Hall–Kier alpha value is -2.21. The smallest absolute Gasteiger partial charge is 0.257 e. The zero-order valence-corrected chi connectivity index (χ0v) is 17.8. The molecule has 2 aliphatic heterocycles. The van der Waals surface area contributed by atoms with Gasteiger partial charge in [0.1, 0.15) is 0 Å². The van der Waals surface area contributed by atoms with Crippen LogP contribution in [0.1, 0.15) is 29.2 Å². The number of carbonyl (C=O) groups is 1. The van der Waals surface area contributed by atoms with Gasteiger partial charge in [0.15, 0.2) is 0 Å². The molecule has 0 spiro atoms. The summed E-state index contributed by atoms with van der Waals surface area (Å²) in [7, 11) is 2.12. The Labute approximate surface area is 177 Å². The maximum atomic E-state index is 13.3. The van der Waals surface area contributed by atoms with Gasteiger partial charge in [-0.25, -0.2) is 5.01 Å². The van der Waals surface area contributed by atoms with E-state index in [0.717, 1.165) is 43.0 Å². The molecule has 1 atom stereocenters. The number of hydrogen-bond acceptors (Lipinski definition) is 4. The first-order valence-electron chi connectivity index (χ1n) is 10.1. The van der Waals surface area contributed by atoms with Crippen LogP contribution in [0.15, 0.2) is 53.6 Å². The molecule has 2 aliphatic rings. The van der Waals surface area contributed by atoms with Gasteiger partial charge >= 0.3 is 0 Å². The minimum absolute atomic E-state index is 0.0297. The lowest BCUT2D eigenvalue weighted by Crippen LogP contribution is -2.48. The highest BCUT2D eigenvalue weighted by Crippen LogP contribution is 2.36. The van der Waals surface area contributed by atoms with Crippen LogP contribution in [0, 0.1) is 6.92 Å². The molecule has 29 heavy (non-hydrogen) atoms. The van der Waals surface area contributed by atoms with Crippen molar-refractivity contribution in [2.75, 3.05) is 39.8 Å². The van der Waals surface area contributed by atoms with Crippen LogP contribution in [0.25, 0.3) is 0 Å². The molecular formula is C23H27ClN4O. The number of aryl methyl sites for hydroxylation is 1. The van der Waals surface area contributed by atoms with E-state index in [1.165, 1.54) is 5.56 Å². The molecule has 2 aromatic carbocycles. The third-order valence-corrected chi connectivity index (χ3v) is 6.08. The van der Waals surface area contributed by atoms with E-state index in [2.05, 4.69) is 42.0 Å². The third-order valence-electron chi connectivity index (χ3n) is 5.74. The fourth-order valence-electron chi connectivity index (χ4n) is 4.00. The lowest BCUT2D eigenvalue weighted by atomic mass is 9.97. The van der Waals surface area contributed by atoms with Gasteiger partial charge in [-0.3, -0.25) is 9.69 Å². The molecule has 0 aromatic heterocycles. The Morgan fingerprint density at radius 1 is 1.10 bits per heavy atom. The summed E-state index contributed by atoms with van der Waals surface area (Å²) in [4.78, 5) is 17.8. The van der Waals surface area contributed by atoms with Gasteiger partial charge < -0.3 is 4.90 Å². The summed E-state index contributed by atoms with van der Waals surface area (Å²) in [6, 6.07) is 15.9. The summed E-state index contributed by atoms with van der Waals surface area (Å²) in [5.74, 6) is 0.0297. The highest BCUT2D eigenvalue weighted by atomic mass is 35.5. The topological polar surface area (TPSA) is 39.2 Å². The number of piperazine rings is 1. The van der Waals surface area contributed by atoms with Crippen LogP contribution >= 0.6 is 11.6 Å². The van der Waals surface area contributed by atoms with Crippen molar-refractivity contribution in [1.29, 1.82) is 0 Å². The van der Waals surface area contributed by atoms with Gasteiger partial charge in [0.05, 0.1) is 18.3 Å². The molecule has 0 bridgehead atoms. The van der Waals surface area contributed by atoms with Gasteiger partial charge in [0.2, 0.25) is 0 Å². The molecule has 6 heteroatoms. The zero-order valence-electron chi connectivity index (χ0n) is 17.0. The van der Waals surface area contributed by atoms with Crippen molar-refractivity contribution in [2.45, 2.75) is 19.4 Å². The van der Waals surface area contributed by atoms with Crippen LogP contribution in [0.2, 0.25) is 5.02 Å². The van der Waals surface area contributed by atoms with Crippen molar-refractivity contribution in [2.24, 2.45) is 5.10 Å². The second kappa shape index (κ2) is 8.66. The van der Waals surface area contributed by atoms with Crippen LogP contribution in [0.3, 0.4) is 0 Å². The highest BCUT2D eigenvalue weighted by Gasteiger charge is 2.35. The summed E-state index contributed by atoms with van der Waals surface area (Å²) >= 11 is 6.50. The molecule has 0 radical (unpaired) electrons. The zero-order chi connectivity index (χ0) is 20.4. The molecule has 0 saturated carbocycles. The second-order valence-corrected chi connectivity index (χ2v) is 8.38. The van der Waals surface area contributed by atoms with Crippen LogP contribution < -0.4 is 0 Å². The molecule has 1 amide bonds. The Balaban J connectivity index is 1.60. The molecule has 2 heterocycles. The Morgan fingerprint density at radius 2 is 1.86 bits per heavy atom. The van der Waals surface area contributed by atoms with Gasteiger partial charge in [0, 0.05) is 37.6 Å². The summed E-state index contributed by atoms with van der Waals surface area (Å²) < 4.78 is 0. The fourth-order valence-corrected chi connectivity index (χ4v) is 4.26. The number of carbonyl (C=O) groups excluding carboxylic acids is 1. The molecule has 4 rings (SSSR count). The maximum absolute atomic E-state index is 13.3. The van der Waals surface area contributed by atoms with Crippen molar-refractivity contribution < 1.29 is 4.79 Å². The van der Waals surface area contributed by atoms with E-state index < -0.39 is 0 Å². The first-order valence-corrected chi connectivity index (χ1v) is 10.5. The summed E-state index contributed by atoms with van der Waals surface area (Å²) in [5, 5.41) is 7.12. The van der Waals surface area contributed by atoms with E-state index in [0.29, 0.717) is 18.0 Å². The van der Waals surface area contributed by atoms with Crippen LogP contribution in [0.4, 0.5) is 0 Å². The molecule has 5 nitrogen and oxygen atoms in total. The number of nitrogens with zero attached hydrogens (tertiary/aromatic N) is 4. The first kappa shape index (κ1) is 20.1. The predicted octanol–water partition coefficient (Wildman–Crippen LogP) is 3.57. The minimum atomic E-state index is -0.167. The van der Waals surface area contributed by atoms with Crippen molar-refractivity contribution in [3.05, 3.63) is 70.2 Å². The summed E-state index contributed by atoms with van der Waals surface area (Å²) in [6.07, 6.45) is 0.668. The van der Waals surface area contributed by atoms with E-state index in [1.807, 2.05) is 30.3 Å². The molecule has 1 fully saturated rings. The van der Waals surface area contributed by atoms with E-state index in [4.69, 9.17) is 16.7 Å². The van der Waals surface area contributed by atoms with Crippen molar-refractivity contribution in [3.8, 4) is 0 Å². The molecule has 0 aliphatic carbocycles. The Kier molecular flexibility index (Phi) is 5.99. The van der Waals surface area contributed by atoms with Gasteiger partial charge in [-0.05, 0) is 31.2 Å². The molecule has 152 valence electrons. The fraction of sp³-hybridized carbons (Fsp3) is 0.391. The molecular weight excluding hydrogens is 384 g/mol. The second-order valence-electron chi connectivity index (χ2n) is 7.98. The Morgan fingerprint density at radius 3 is 2.59 bits per heavy atom. The molecule has 0 N–H and O–H groups in total. The number of benzene rings is 2. The number of amides is 1. The number of hydrogen-bond donors (Lipinski definition) is 0. The number of rotatable bonds is 4. The van der Waals surface area contributed by atoms with Crippen LogP contribution in [0.5, 0.6) is 0 Å². The number of hydrazone groups is 1. The van der Waals surface area contributed by atoms with Crippen LogP contribution in [-0.4, -0.2) is 66.2 Å². The first-order chi connectivity index (χ1) is 14.0. The number of halogens is 1. The lowest BCUT2D eigenvalue weighted by molar-refractivity contribution is -0.134. The average molecular weight is 411 g/mol. The quantitative estimate of drug-likeness (QED) is 0.773. The highest BCUT2D eigenvalue weighted by molar-refractivity contribution is 6.31. The largest absolute Gasteiger partial charge is 0.304 e. The van der Waals surface area contributed by atoms with E-state index >= 15 is 0 Å². The van der Waals surface area contributed by atoms with E-state index in [9.17, 15) is 4.79 Å². The Bertz CT molecular complexity index is 921. The molecule has 1 saturated heterocycles. The lowest BCUT2D eigenvalue weighted by Gasteiger charge is -2.33. The molecule has 0 unspecified atom stereocenters. The summed E-state index contributed by atoms with van der Waals surface area (Å²) in [5.41, 5.74) is 4.14. The average Bonchev–Trinajstić information content (AvgIpc) is 3.15. The van der Waals surface area contributed by atoms with Gasteiger partial charge in [-0.2, -0.15) is 5.10 Å². The monoisotopic (exact) mass is 410 g/mol. The third kappa shape index (κ3) is 4.53. The van der Waals surface area contributed by atoms with Crippen molar-refractivity contribution in [1.82, 2.24) is 14.8 Å². The van der Waals surface area contributed by atoms with Gasteiger partial charge in [-0.15, -0.1) is 0 Å². The predicted molar refractivity (Wildman–Crippen MR) is 117 cm³/mol. The van der Waals surface area contributed by atoms with Crippen molar-refractivity contribution >= 4 is 23.2 Å². The SMILES string of the molecule is Cc1cccc(C2=NN(C(=O)CN3CCN(C)CC3)[C@@H](c3ccccc3Cl)C2)c1. The molecule has 2 aromatic rings. The minimum Gasteiger partial charge on any atom is -0.304 e. The standard InChI is InChI=1S/C23H27ClN4O/c1-17-6-5-7-18(14-17)21-15-22(19-8-3-4-9-20(19)24)28(25-21)23(29)16-27-12-10-26(2)11-13-27/h3-9,14,22H,10-13,15-16H2,1-2H3/t22-/m1/s1. The maximum Gasteiger partial charge on any atom is 0.257 e. The van der Waals surface area contributed by atoms with E-state index in [-0.39, 0.29) is 11.9 Å². The normalized spacial score (nSPS) is 20.7. The van der Waals surface area contributed by atoms with Gasteiger partial charge in [-0.1, -0.05) is 59.6 Å². The van der Waals surface area contributed by atoms with E-state index in [1.54, 1.807) is 5.01 Å². The summed E-state index contributed by atoms with van der Waals surface area (Å²) in [6.45, 7) is 6.24. The van der Waals surface area contributed by atoms with Crippen molar-refractivity contribution in [3.63, 3.8) is 0 Å². The van der Waals surface area contributed by atoms with Crippen LogP contribution in [-0.2, 0) is 4.79 Å². The van der Waals surface area contributed by atoms with Gasteiger partial charge in [0.25, 0.3) is 5.91 Å². The number of likely N-dealkylation sites (N-methyl/N-ethyl adjacent to an activating group) is 1.